The van der Waals surface area contributed by atoms with E-state index in [-0.39, 0.29) is 4.90 Å². The highest BCUT2D eigenvalue weighted by atomic mass is 35.5. The zero-order valence-electron chi connectivity index (χ0n) is 11.6. The Bertz CT molecular complexity index is 700. The van der Waals surface area contributed by atoms with Gasteiger partial charge in [-0.1, -0.05) is 35.9 Å². The highest BCUT2D eigenvalue weighted by Crippen LogP contribution is 2.20. The van der Waals surface area contributed by atoms with E-state index in [1.54, 1.807) is 24.3 Å². The molecule has 2 rings (SSSR count). The Morgan fingerprint density at radius 2 is 1.71 bits per heavy atom. The van der Waals surface area contributed by atoms with Crippen molar-refractivity contribution in [3.8, 4) is 0 Å². The van der Waals surface area contributed by atoms with Crippen LogP contribution in [0.2, 0.25) is 5.02 Å². The highest BCUT2D eigenvalue weighted by Gasteiger charge is 2.15. The van der Waals surface area contributed by atoms with E-state index in [2.05, 4.69) is 10.0 Å². The molecule has 0 bridgehead atoms. The third kappa shape index (κ3) is 4.20. The average Bonchev–Trinajstić information content (AvgIpc) is 2.50. The van der Waals surface area contributed by atoms with E-state index < -0.39 is 10.0 Å². The molecule has 0 aromatic heterocycles. The number of anilines is 1. The first-order valence-electron chi connectivity index (χ1n) is 6.54. The van der Waals surface area contributed by atoms with Crippen LogP contribution in [0.25, 0.3) is 0 Å². The summed E-state index contributed by atoms with van der Waals surface area (Å²) in [6.07, 6.45) is 0.783. The van der Waals surface area contributed by atoms with Crippen molar-refractivity contribution in [2.24, 2.45) is 0 Å². The molecule has 4 nitrogen and oxygen atoms in total. The molecule has 0 aliphatic carbocycles. The summed E-state index contributed by atoms with van der Waals surface area (Å²) >= 11 is 5.84. The molecule has 0 saturated heterocycles. The summed E-state index contributed by atoms with van der Waals surface area (Å²) < 4.78 is 26.2. The lowest BCUT2D eigenvalue weighted by Crippen LogP contribution is -2.20. The number of benzene rings is 2. The summed E-state index contributed by atoms with van der Waals surface area (Å²) in [6, 6.07) is 14.4. The Hall–Kier alpha value is -1.56. The van der Waals surface area contributed by atoms with Crippen molar-refractivity contribution in [3.63, 3.8) is 0 Å². The number of hydrogen-bond donors (Lipinski definition) is 2. The molecule has 2 aromatic carbocycles. The van der Waals surface area contributed by atoms with Crippen LogP contribution in [0.5, 0.6) is 0 Å². The summed E-state index contributed by atoms with van der Waals surface area (Å²) in [5, 5.41) is 3.87. The minimum Gasteiger partial charge on any atom is -0.384 e. The predicted molar refractivity (Wildman–Crippen MR) is 86.3 cm³/mol. The van der Waals surface area contributed by atoms with Crippen LogP contribution in [0.1, 0.15) is 5.56 Å². The average molecular weight is 325 g/mol. The number of halogens is 1. The molecule has 0 aliphatic rings. The molecule has 6 heteroatoms. The molecular formula is C15H17ClN2O2S. The zero-order valence-corrected chi connectivity index (χ0v) is 13.2. The zero-order chi connectivity index (χ0) is 15.3. The second-order valence-corrected chi connectivity index (χ2v) is 6.80. The Morgan fingerprint density at radius 3 is 2.38 bits per heavy atom. The van der Waals surface area contributed by atoms with Crippen LogP contribution in [0.3, 0.4) is 0 Å². The molecule has 2 N–H and O–H groups in total. The fraction of sp³-hybridized carbons (Fsp3) is 0.200. The van der Waals surface area contributed by atoms with Crippen molar-refractivity contribution in [1.82, 2.24) is 4.72 Å². The molecule has 0 radical (unpaired) electrons. The topological polar surface area (TPSA) is 58.2 Å². The van der Waals surface area contributed by atoms with E-state index in [9.17, 15) is 8.42 Å². The minimum atomic E-state index is -3.46. The summed E-state index contributed by atoms with van der Waals surface area (Å²) in [6.45, 7) is 0.637. The fourth-order valence-corrected chi connectivity index (χ4v) is 2.98. The van der Waals surface area contributed by atoms with E-state index in [4.69, 9.17) is 11.6 Å². The van der Waals surface area contributed by atoms with Crippen molar-refractivity contribution in [1.29, 1.82) is 0 Å². The minimum absolute atomic E-state index is 0.253. The normalized spacial score (nSPS) is 11.3. The van der Waals surface area contributed by atoms with Crippen molar-refractivity contribution in [2.45, 2.75) is 11.3 Å². The van der Waals surface area contributed by atoms with Gasteiger partial charge in [0, 0.05) is 11.6 Å². The molecule has 2 aromatic rings. The number of rotatable bonds is 6. The number of sulfonamides is 1. The van der Waals surface area contributed by atoms with Gasteiger partial charge in [0.2, 0.25) is 10.0 Å². The van der Waals surface area contributed by atoms with Gasteiger partial charge in [0.15, 0.2) is 0 Å². The van der Waals surface area contributed by atoms with E-state index in [1.165, 1.54) is 7.05 Å². The highest BCUT2D eigenvalue weighted by molar-refractivity contribution is 7.89. The molecule has 0 heterocycles. The van der Waals surface area contributed by atoms with Gasteiger partial charge in [-0.25, -0.2) is 13.1 Å². The van der Waals surface area contributed by atoms with Crippen molar-refractivity contribution >= 4 is 27.3 Å². The Kier molecular flexibility index (Phi) is 5.22. The predicted octanol–water partition coefficient (Wildman–Crippen LogP) is 2.90. The molecule has 0 saturated carbocycles. The molecule has 0 amide bonds. The monoisotopic (exact) mass is 324 g/mol. The molecule has 0 unspecified atom stereocenters. The molecule has 0 atom stereocenters. The maximum atomic E-state index is 11.9. The Labute approximate surface area is 130 Å². The van der Waals surface area contributed by atoms with Crippen LogP contribution >= 0.6 is 11.6 Å². The van der Waals surface area contributed by atoms with Crippen molar-refractivity contribution < 1.29 is 8.42 Å². The van der Waals surface area contributed by atoms with E-state index in [0.29, 0.717) is 17.3 Å². The van der Waals surface area contributed by atoms with Crippen LogP contribution < -0.4 is 10.0 Å². The first-order valence-corrected chi connectivity index (χ1v) is 8.40. The smallest absolute Gasteiger partial charge is 0.242 e. The summed E-state index contributed by atoms with van der Waals surface area (Å²) in [7, 11) is -2.06. The van der Waals surface area contributed by atoms with Gasteiger partial charge in [-0.15, -0.1) is 0 Å². The van der Waals surface area contributed by atoms with Gasteiger partial charge in [-0.2, -0.15) is 0 Å². The lowest BCUT2D eigenvalue weighted by Gasteiger charge is -2.12. The summed E-state index contributed by atoms with van der Waals surface area (Å²) in [5.74, 6) is 0. The molecule has 21 heavy (non-hydrogen) atoms. The summed E-state index contributed by atoms with van der Waals surface area (Å²) in [4.78, 5) is 0.253. The van der Waals surface area contributed by atoms with Gasteiger partial charge in [-0.05, 0) is 43.3 Å². The lowest BCUT2D eigenvalue weighted by atomic mass is 10.1. The van der Waals surface area contributed by atoms with Crippen LogP contribution in [-0.2, 0) is 16.4 Å². The van der Waals surface area contributed by atoms with Gasteiger partial charge in [0.1, 0.15) is 4.90 Å². The van der Waals surface area contributed by atoms with Gasteiger partial charge < -0.3 is 5.32 Å². The first-order chi connectivity index (χ1) is 10.0. The largest absolute Gasteiger partial charge is 0.384 e. The Morgan fingerprint density at radius 1 is 1.05 bits per heavy atom. The number of para-hydroxylation sites is 1. The Balaban J connectivity index is 2.05. The summed E-state index contributed by atoms with van der Waals surface area (Å²) in [5.41, 5.74) is 1.74. The second-order valence-electron chi connectivity index (χ2n) is 4.51. The molecule has 0 aliphatic heterocycles. The van der Waals surface area contributed by atoms with Crippen molar-refractivity contribution in [2.75, 3.05) is 18.9 Å². The van der Waals surface area contributed by atoms with Crippen LogP contribution in [0.4, 0.5) is 5.69 Å². The standard InChI is InChI=1S/C15H17ClN2O2S/c1-17-21(19,20)15-5-3-2-4-14(15)18-11-10-12-6-8-13(16)9-7-12/h2-9,17-18H,10-11H2,1H3. The van der Waals surface area contributed by atoms with Crippen LogP contribution in [0, 0.1) is 0 Å². The van der Waals surface area contributed by atoms with Gasteiger partial charge in [0.05, 0.1) is 5.69 Å². The van der Waals surface area contributed by atoms with E-state index in [0.717, 1.165) is 12.0 Å². The van der Waals surface area contributed by atoms with E-state index in [1.807, 2.05) is 24.3 Å². The molecule has 0 spiro atoms. The van der Waals surface area contributed by atoms with Gasteiger partial charge >= 0.3 is 0 Å². The molecule has 0 fully saturated rings. The van der Waals surface area contributed by atoms with E-state index >= 15 is 0 Å². The third-order valence-electron chi connectivity index (χ3n) is 3.09. The first kappa shape index (κ1) is 15.8. The van der Waals surface area contributed by atoms with Crippen LogP contribution in [0.15, 0.2) is 53.4 Å². The second kappa shape index (κ2) is 6.93. The van der Waals surface area contributed by atoms with Crippen molar-refractivity contribution in [3.05, 3.63) is 59.1 Å². The maximum Gasteiger partial charge on any atom is 0.242 e. The quantitative estimate of drug-likeness (QED) is 0.859. The van der Waals surface area contributed by atoms with Crippen LogP contribution in [-0.4, -0.2) is 22.0 Å². The number of nitrogens with one attached hydrogen (secondary N) is 2. The molecule has 112 valence electrons. The third-order valence-corrected chi connectivity index (χ3v) is 4.81. The fourth-order valence-electron chi connectivity index (χ4n) is 1.95. The number of hydrogen-bond acceptors (Lipinski definition) is 3. The van der Waals surface area contributed by atoms with Gasteiger partial charge in [0.25, 0.3) is 0 Å². The maximum absolute atomic E-state index is 11.9. The van der Waals surface area contributed by atoms with Gasteiger partial charge in [-0.3, -0.25) is 0 Å². The lowest BCUT2D eigenvalue weighted by molar-refractivity contribution is 0.588. The SMILES string of the molecule is CNS(=O)(=O)c1ccccc1NCCc1ccc(Cl)cc1. The molecular weight excluding hydrogens is 308 g/mol.